The van der Waals surface area contributed by atoms with Crippen molar-refractivity contribution in [1.29, 1.82) is 0 Å². The van der Waals surface area contributed by atoms with Crippen molar-refractivity contribution < 1.29 is 14.3 Å². The van der Waals surface area contributed by atoms with E-state index < -0.39 is 0 Å². The number of rotatable bonds is 5. The molecule has 2 aromatic carbocycles. The van der Waals surface area contributed by atoms with Crippen LogP contribution in [0.5, 0.6) is 11.5 Å². The number of amides is 1. The third-order valence-electron chi connectivity index (χ3n) is 3.17. The van der Waals surface area contributed by atoms with Crippen molar-refractivity contribution >= 4 is 33.1 Å². The highest BCUT2D eigenvalue weighted by atomic mass is 32.1. The number of thiazole rings is 1. The fourth-order valence-corrected chi connectivity index (χ4v) is 3.07. The van der Waals surface area contributed by atoms with Gasteiger partial charge in [0, 0.05) is 18.7 Å². The molecular weight excluding hydrogens is 312 g/mol. The third-order valence-corrected chi connectivity index (χ3v) is 4.18. The average molecular weight is 328 g/mol. The third kappa shape index (κ3) is 3.60. The van der Waals surface area contributed by atoms with Crippen LogP contribution in [0.2, 0.25) is 0 Å². The number of nitrogens with zero attached hydrogens (tertiary/aromatic N) is 1. The minimum absolute atomic E-state index is 0.129. The van der Waals surface area contributed by atoms with Crippen LogP contribution in [-0.4, -0.2) is 18.0 Å². The summed E-state index contributed by atoms with van der Waals surface area (Å²) in [5.41, 5.74) is 1.64. The molecule has 118 valence electrons. The second kappa shape index (κ2) is 6.66. The summed E-state index contributed by atoms with van der Waals surface area (Å²) in [4.78, 5) is 15.6. The van der Waals surface area contributed by atoms with Crippen LogP contribution in [0.25, 0.3) is 10.2 Å². The zero-order chi connectivity index (χ0) is 16.2. The van der Waals surface area contributed by atoms with Crippen LogP contribution in [-0.2, 0) is 11.4 Å². The molecule has 0 aliphatic carbocycles. The van der Waals surface area contributed by atoms with E-state index in [4.69, 9.17) is 9.47 Å². The zero-order valence-electron chi connectivity index (χ0n) is 12.8. The molecule has 0 spiro atoms. The smallest absolute Gasteiger partial charge is 0.221 e. The number of methoxy groups -OCH3 is 1. The van der Waals surface area contributed by atoms with Gasteiger partial charge in [0.1, 0.15) is 11.6 Å². The van der Waals surface area contributed by atoms with Crippen molar-refractivity contribution in [3.05, 3.63) is 47.5 Å². The minimum atomic E-state index is -0.129. The van der Waals surface area contributed by atoms with E-state index in [0.717, 1.165) is 15.2 Å². The number of carbonyl (C=O) groups is 1. The molecular formula is C17H16N2O3S. The van der Waals surface area contributed by atoms with Gasteiger partial charge in [-0.15, -0.1) is 11.3 Å². The van der Waals surface area contributed by atoms with E-state index in [1.807, 2.05) is 24.3 Å². The van der Waals surface area contributed by atoms with E-state index in [9.17, 15) is 4.79 Å². The lowest BCUT2D eigenvalue weighted by atomic mass is 10.2. The van der Waals surface area contributed by atoms with E-state index in [1.165, 1.54) is 6.92 Å². The van der Waals surface area contributed by atoms with Crippen molar-refractivity contribution in [2.75, 3.05) is 12.4 Å². The fraction of sp³-hybridized carbons (Fsp3) is 0.176. The Morgan fingerprint density at radius 1 is 1.22 bits per heavy atom. The number of fused-ring (bicyclic) bond motifs is 1. The Labute approximate surface area is 137 Å². The molecule has 0 saturated heterocycles. The quantitative estimate of drug-likeness (QED) is 0.773. The van der Waals surface area contributed by atoms with Gasteiger partial charge in [-0.3, -0.25) is 4.79 Å². The normalized spacial score (nSPS) is 10.5. The maximum atomic E-state index is 11.1. The maximum absolute atomic E-state index is 11.1. The molecule has 3 rings (SSSR count). The second-order valence-corrected chi connectivity index (χ2v) is 6.03. The fourth-order valence-electron chi connectivity index (χ4n) is 2.19. The maximum Gasteiger partial charge on any atom is 0.221 e. The van der Waals surface area contributed by atoms with Crippen LogP contribution in [0.15, 0.2) is 42.5 Å². The lowest BCUT2D eigenvalue weighted by molar-refractivity contribution is -0.114. The van der Waals surface area contributed by atoms with E-state index >= 15 is 0 Å². The summed E-state index contributed by atoms with van der Waals surface area (Å²) < 4.78 is 12.3. The molecule has 0 radical (unpaired) electrons. The first kappa shape index (κ1) is 15.3. The van der Waals surface area contributed by atoms with Gasteiger partial charge in [0.05, 0.1) is 17.3 Å². The first-order chi connectivity index (χ1) is 11.2. The zero-order valence-corrected chi connectivity index (χ0v) is 13.6. The van der Waals surface area contributed by atoms with Gasteiger partial charge >= 0.3 is 0 Å². The molecule has 6 heteroatoms. The first-order valence-corrected chi connectivity index (χ1v) is 7.90. The number of ether oxygens (including phenoxy) is 2. The summed E-state index contributed by atoms with van der Waals surface area (Å²) in [6.07, 6.45) is 0. The van der Waals surface area contributed by atoms with Gasteiger partial charge in [-0.1, -0.05) is 12.1 Å². The number of anilines is 1. The van der Waals surface area contributed by atoms with Crippen molar-refractivity contribution in [2.24, 2.45) is 0 Å². The molecule has 0 aliphatic rings. The first-order valence-electron chi connectivity index (χ1n) is 7.08. The summed E-state index contributed by atoms with van der Waals surface area (Å²) >= 11 is 1.61. The van der Waals surface area contributed by atoms with Crippen LogP contribution in [0.3, 0.4) is 0 Å². The van der Waals surface area contributed by atoms with Crippen molar-refractivity contribution in [1.82, 2.24) is 4.98 Å². The predicted octanol–water partition coefficient (Wildman–Crippen LogP) is 3.84. The van der Waals surface area contributed by atoms with E-state index in [2.05, 4.69) is 10.3 Å². The van der Waals surface area contributed by atoms with Crippen LogP contribution in [0, 0.1) is 0 Å². The van der Waals surface area contributed by atoms with E-state index in [0.29, 0.717) is 23.8 Å². The molecule has 0 atom stereocenters. The number of carbonyl (C=O) groups excluding carboxylic acids is 1. The Balaban J connectivity index is 1.75. The van der Waals surface area contributed by atoms with Crippen LogP contribution >= 0.6 is 11.3 Å². The molecule has 0 bridgehead atoms. The lowest BCUT2D eigenvalue weighted by Crippen LogP contribution is -2.06. The number of benzene rings is 2. The Hall–Kier alpha value is -2.60. The van der Waals surface area contributed by atoms with Crippen molar-refractivity contribution in [3.63, 3.8) is 0 Å². The SMILES string of the molecule is COc1cc(NC(C)=O)ccc1OCc1nc2ccccc2s1. The Morgan fingerprint density at radius 3 is 2.78 bits per heavy atom. The molecule has 1 amide bonds. The molecule has 5 nitrogen and oxygen atoms in total. The van der Waals surface area contributed by atoms with Gasteiger partial charge in [0.25, 0.3) is 0 Å². The highest BCUT2D eigenvalue weighted by Crippen LogP contribution is 2.31. The molecule has 3 aromatic rings. The molecule has 1 heterocycles. The molecule has 1 N–H and O–H groups in total. The van der Waals surface area contributed by atoms with Gasteiger partial charge < -0.3 is 14.8 Å². The molecule has 0 aliphatic heterocycles. The highest BCUT2D eigenvalue weighted by Gasteiger charge is 2.09. The van der Waals surface area contributed by atoms with Gasteiger partial charge in [0.2, 0.25) is 5.91 Å². The summed E-state index contributed by atoms with van der Waals surface area (Å²) in [6.45, 7) is 1.83. The standard InChI is InChI=1S/C17H16N2O3S/c1-11(20)18-12-7-8-14(15(9-12)21-2)22-10-17-19-13-5-3-4-6-16(13)23-17/h3-9H,10H2,1-2H3,(H,18,20). The summed E-state index contributed by atoms with van der Waals surface area (Å²) in [5.74, 6) is 1.05. The predicted molar refractivity (Wildman–Crippen MR) is 91.2 cm³/mol. The topological polar surface area (TPSA) is 60.5 Å². The molecule has 23 heavy (non-hydrogen) atoms. The van der Waals surface area contributed by atoms with Gasteiger partial charge in [-0.2, -0.15) is 0 Å². The molecule has 0 unspecified atom stereocenters. The summed E-state index contributed by atoms with van der Waals surface area (Å²) in [5, 5.41) is 3.62. The lowest BCUT2D eigenvalue weighted by Gasteiger charge is -2.11. The number of hydrogen-bond donors (Lipinski definition) is 1. The van der Waals surface area contributed by atoms with Crippen LogP contribution in [0.1, 0.15) is 11.9 Å². The number of para-hydroxylation sites is 1. The van der Waals surface area contributed by atoms with E-state index in [-0.39, 0.29) is 5.91 Å². The van der Waals surface area contributed by atoms with Gasteiger partial charge in [-0.25, -0.2) is 4.98 Å². The molecule has 0 fully saturated rings. The number of aromatic nitrogens is 1. The summed E-state index contributed by atoms with van der Waals surface area (Å²) in [7, 11) is 1.57. The Morgan fingerprint density at radius 2 is 2.04 bits per heavy atom. The Bertz CT molecular complexity index is 812. The van der Waals surface area contributed by atoms with Crippen LogP contribution in [0.4, 0.5) is 5.69 Å². The highest BCUT2D eigenvalue weighted by molar-refractivity contribution is 7.18. The van der Waals surface area contributed by atoms with Crippen molar-refractivity contribution in [2.45, 2.75) is 13.5 Å². The van der Waals surface area contributed by atoms with Gasteiger partial charge in [0.15, 0.2) is 11.5 Å². The largest absolute Gasteiger partial charge is 0.493 e. The molecule has 1 aromatic heterocycles. The van der Waals surface area contributed by atoms with Crippen molar-refractivity contribution in [3.8, 4) is 11.5 Å². The van der Waals surface area contributed by atoms with E-state index in [1.54, 1.807) is 36.6 Å². The summed E-state index contributed by atoms with van der Waals surface area (Å²) in [6, 6.07) is 13.3. The average Bonchev–Trinajstić information content (AvgIpc) is 2.95. The van der Waals surface area contributed by atoms with Crippen LogP contribution < -0.4 is 14.8 Å². The molecule has 0 saturated carbocycles. The Kier molecular flexibility index (Phi) is 4.43. The number of hydrogen-bond acceptors (Lipinski definition) is 5. The number of nitrogens with one attached hydrogen (secondary N) is 1. The monoisotopic (exact) mass is 328 g/mol. The van der Waals surface area contributed by atoms with Gasteiger partial charge in [-0.05, 0) is 24.3 Å². The minimum Gasteiger partial charge on any atom is -0.493 e. The second-order valence-electron chi connectivity index (χ2n) is 4.91.